The van der Waals surface area contributed by atoms with Crippen molar-refractivity contribution < 1.29 is 9.32 Å². The Kier molecular flexibility index (Phi) is 5.93. The van der Waals surface area contributed by atoms with Crippen molar-refractivity contribution in [1.29, 1.82) is 5.41 Å². The molecule has 3 aromatic rings. The van der Waals surface area contributed by atoms with Crippen molar-refractivity contribution in [2.75, 3.05) is 24.1 Å². The number of rotatable bonds is 6. The van der Waals surface area contributed by atoms with Crippen molar-refractivity contribution in [3.8, 4) is 11.4 Å². The molecule has 0 spiro atoms. The van der Waals surface area contributed by atoms with E-state index in [1.54, 1.807) is 24.0 Å². The lowest BCUT2D eigenvalue weighted by Crippen LogP contribution is -2.44. The molecule has 1 atom stereocenters. The standard InChI is InChI=1S/C22H24N8O2/c1-3-17(31)30-10-4-5-16(11-30)28-22-18(20(24)25-12-26-22)19(23)14-6-8-15(9-7-14)21-27-13(2)32-29-21/h3,6-9,12,16,23H,1,4-5,10-11H2,2H3,(H3,24,25,26,28). The number of piperidine rings is 1. The third kappa shape index (κ3) is 4.34. The molecule has 0 saturated carbocycles. The number of nitrogen functional groups attached to an aromatic ring is 1. The summed E-state index contributed by atoms with van der Waals surface area (Å²) >= 11 is 0. The Morgan fingerprint density at radius 3 is 2.81 bits per heavy atom. The fourth-order valence-corrected chi connectivity index (χ4v) is 3.72. The summed E-state index contributed by atoms with van der Waals surface area (Å²) in [5.74, 6) is 1.56. The summed E-state index contributed by atoms with van der Waals surface area (Å²) in [6.45, 7) is 6.52. The molecule has 1 fully saturated rings. The molecule has 32 heavy (non-hydrogen) atoms. The Bertz CT molecular complexity index is 1150. The first kappa shape index (κ1) is 21.2. The molecule has 1 aliphatic rings. The van der Waals surface area contributed by atoms with E-state index in [2.05, 4.69) is 32.0 Å². The third-order valence-corrected chi connectivity index (χ3v) is 5.33. The first-order chi connectivity index (χ1) is 15.5. The zero-order chi connectivity index (χ0) is 22.7. The topological polar surface area (TPSA) is 147 Å². The number of nitrogens with one attached hydrogen (secondary N) is 2. The van der Waals surface area contributed by atoms with E-state index in [-0.39, 0.29) is 23.5 Å². The Balaban J connectivity index is 1.56. The number of benzene rings is 1. The number of likely N-dealkylation sites (tertiary alicyclic amines) is 1. The number of carbonyl (C=O) groups is 1. The van der Waals surface area contributed by atoms with Crippen LogP contribution in [-0.4, -0.2) is 55.8 Å². The van der Waals surface area contributed by atoms with Gasteiger partial charge < -0.3 is 20.5 Å². The molecule has 1 aromatic carbocycles. The highest BCUT2D eigenvalue weighted by Gasteiger charge is 2.25. The Hall–Kier alpha value is -4.08. The zero-order valence-corrected chi connectivity index (χ0v) is 17.7. The number of amides is 1. The van der Waals surface area contributed by atoms with Gasteiger partial charge in [0, 0.05) is 37.2 Å². The summed E-state index contributed by atoms with van der Waals surface area (Å²) in [5, 5.41) is 16.0. The monoisotopic (exact) mass is 432 g/mol. The van der Waals surface area contributed by atoms with Gasteiger partial charge in [0.25, 0.3) is 0 Å². The molecule has 1 saturated heterocycles. The average molecular weight is 432 g/mol. The zero-order valence-electron chi connectivity index (χ0n) is 17.7. The maximum Gasteiger partial charge on any atom is 0.246 e. The maximum atomic E-state index is 12.0. The van der Waals surface area contributed by atoms with E-state index in [1.807, 2.05) is 12.1 Å². The van der Waals surface area contributed by atoms with Gasteiger partial charge in [-0.05, 0) is 18.9 Å². The summed E-state index contributed by atoms with van der Waals surface area (Å²) in [6, 6.07) is 7.22. The quantitative estimate of drug-likeness (QED) is 0.397. The average Bonchev–Trinajstić information content (AvgIpc) is 3.25. The lowest BCUT2D eigenvalue weighted by molar-refractivity contribution is -0.127. The van der Waals surface area contributed by atoms with Crippen LogP contribution in [0.3, 0.4) is 0 Å². The molecule has 164 valence electrons. The van der Waals surface area contributed by atoms with Crippen LogP contribution in [0.15, 0.2) is 47.8 Å². The molecule has 10 nitrogen and oxygen atoms in total. The van der Waals surface area contributed by atoms with E-state index >= 15 is 0 Å². The summed E-state index contributed by atoms with van der Waals surface area (Å²) < 4.78 is 5.02. The largest absolute Gasteiger partial charge is 0.383 e. The van der Waals surface area contributed by atoms with Crippen LogP contribution >= 0.6 is 0 Å². The minimum absolute atomic E-state index is 0.0163. The van der Waals surface area contributed by atoms with Crippen LogP contribution in [0.2, 0.25) is 0 Å². The Labute approximate surface area is 185 Å². The molecule has 3 heterocycles. The highest BCUT2D eigenvalue weighted by atomic mass is 16.5. The van der Waals surface area contributed by atoms with Crippen LogP contribution in [-0.2, 0) is 4.79 Å². The van der Waals surface area contributed by atoms with Crippen LogP contribution in [0.5, 0.6) is 0 Å². The van der Waals surface area contributed by atoms with Crippen molar-refractivity contribution in [1.82, 2.24) is 25.0 Å². The molecule has 4 N–H and O–H groups in total. The van der Waals surface area contributed by atoms with Crippen LogP contribution in [0.4, 0.5) is 11.6 Å². The van der Waals surface area contributed by atoms with E-state index in [0.29, 0.717) is 41.7 Å². The first-order valence-corrected chi connectivity index (χ1v) is 10.2. The summed E-state index contributed by atoms with van der Waals surface area (Å²) in [5.41, 5.74) is 8.18. The second kappa shape index (κ2) is 8.96. The summed E-state index contributed by atoms with van der Waals surface area (Å²) in [6.07, 6.45) is 4.43. The van der Waals surface area contributed by atoms with Gasteiger partial charge in [-0.2, -0.15) is 4.98 Å². The van der Waals surface area contributed by atoms with Gasteiger partial charge in [-0.15, -0.1) is 0 Å². The molecule has 0 aliphatic carbocycles. The summed E-state index contributed by atoms with van der Waals surface area (Å²) in [4.78, 5) is 26.4. The molecule has 4 rings (SSSR count). The van der Waals surface area contributed by atoms with E-state index < -0.39 is 0 Å². The number of nitrogens with zero attached hydrogens (tertiary/aromatic N) is 5. The number of carbonyl (C=O) groups excluding carboxylic acids is 1. The van der Waals surface area contributed by atoms with E-state index in [0.717, 1.165) is 18.4 Å². The van der Waals surface area contributed by atoms with E-state index in [4.69, 9.17) is 15.7 Å². The second-order valence-corrected chi connectivity index (χ2v) is 7.54. The van der Waals surface area contributed by atoms with Crippen LogP contribution in [0, 0.1) is 12.3 Å². The molecule has 10 heteroatoms. The number of hydrogen-bond acceptors (Lipinski definition) is 9. The van der Waals surface area contributed by atoms with Crippen molar-refractivity contribution in [3.63, 3.8) is 0 Å². The maximum absolute atomic E-state index is 12.0. The van der Waals surface area contributed by atoms with Gasteiger partial charge in [0.05, 0.1) is 11.3 Å². The fraction of sp³-hybridized carbons (Fsp3) is 0.273. The highest BCUT2D eigenvalue weighted by molar-refractivity contribution is 6.16. The minimum Gasteiger partial charge on any atom is -0.383 e. The van der Waals surface area contributed by atoms with Crippen molar-refractivity contribution in [2.24, 2.45) is 0 Å². The van der Waals surface area contributed by atoms with Gasteiger partial charge in [-0.25, -0.2) is 9.97 Å². The third-order valence-electron chi connectivity index (χ3n) is 5.33. The minimum atomic E-state index is -0.0939. The van der Waals surface area contributed by atoms with Gasteiger partial charge in [0.2, 0.25) is 17.6 Å². The Morgan fingerprint density at radius 2 is 2.12 bits per heavy atom. The SMILES string of the molecule is C=CC(=O)N1CCCC(Nc2ncnc(N)c2C(=N)c2ccc(-c3noc(C)n3)cc2)C1. The predicted octanol–water partition coefficient (Wildman–Crippen LogP) is 2.42. The molecule has 2 aromatic heterocycles. The highest BCUT2D eigenvalue weighted by Crippen LogP contribution is 2.25. The van der Waals surface area contributed by atoms with E-state index in [1.165, 1.54) is 12.4 Å². The van der Waals surface area contributed by atoms with Crippen molar-refractivity contribution in [3.05, 3.63) is 60.3 Å². The second-order valence-electron chi connectivity index (χ2n) is 7.54. The van der Waals surface area contributed by atoms with E-state index in [9.17, 15) is 4.79 Å². The van der Waals surface area contributed by atoms with Gasteiger partial charge in [-0.3, -0.25) is 10.2 Å². The van der Waals surface area contributed by atoms with Crippen LogP contribution in [0.1, 0.15) is 29.9 Å². The molecular weight excluding hydrogens is 408 g/mol. The number of hydrogen-bond donors (Lipinski definition) is 3. The molecule has 1 aliphatic heterocycles. The lowest BCUT2D eigenvalue weighted by Gasteiger charge is -2.33. The van der Waals surface area contributed by atoms with Crippen LogP contribution in [0.25, 0.3) is 11.4 Å². The molecule has 1 unspecified atom stereocenters. The Morgan fingerprint density at radius 1 is 1.34 bits per heavy atom. The smallest absolute Gasteiger partial charge is 0.246 e. The normalized spacial score (nSPS) is 15.9. The fourth-order valence-electron chi connectivity index (χ4n) is 3.72. The molecule has 0 bridgehead atoms. The van der Waals surface area contributed by atoms with Gasteiger partial charge in [0.15, 0.2) is 0 Å². The number of nitrogens with two attached hydrogens (primary N) is 1. The lowest BCUT2D eigenvalue weighted by atomic mass is 10.0. The first-order valence-electron chi connectivity index (χ1n) is 10.2. The van der Waals surface area contributed by atoms with Crippen molar-refractivity contribution >= 4 is 23.3 Å². The van der Waals surface area contributed by atoms with Gasteiger partial charge in [0.1, 0.15) is 18.0 Å². The predicted molar refractivity (Wildman–Crippen MR) is 120 cm³/mol. The van der Waals surface area contributed by atoms with Crippen molar-refractivity contribution in [2.45, 2.75) is 25.8 Å². The number of aromatic nitrogens is 4. The molecular formula is C22H24N8O2. The van der Waals surface area contributed by atoms with Gasteiger partial charge in [-0.1, -0.05) is 36.0 Å². The van der Waals surface area contributed by atoms with Gasteiger partial charge >= 0.3 is 0 Å². The molecule has 1 amide bonds. The number of anilines is 2. The molecule has 0 radical (unpaired) electrons. The number of aryl methyl sites for hydroxylation is 1. The van der Waals surface area contributed by atoms with Crippen LogP contribution < -0.4 is 11.1 Å². The summed E-state index contributed by atoms with van der Waals surface area (Å²) in [7, 11) is 0.